The Morgan fingerprint density at radius 2 is 1.93 bits per heavy atom. The van der Waals surface area contributed by atoms with Gasteiger partial charge in [-0.25, -0.2) is 4.79 Å². The van der Waals surface area contributed by atoms with Crippen molar-refractivity contribution in [1.29, 1.82) is 5.26 Å². The number of thiophene rings is 1. The van der Waals surface area contributed by atoms with Crippen LogP contribution < -0.4 is 9.47 Å². The number of methoxy groups -OCH3 is 1. The molecule has 0 saturated carbocycles. The molecule has 1 atom stereocenters. The molecule has 0 saturated heterocycles. The summed E-state index contributed by atoms with van der Waals surface area (Å²) in [6.07, 6.45) is 0. The topological polar surface area (TPSA) is 68.6 Å². The molecule has 5 nitrogen and oxygen atoms in total. The van der Waals surface area contributed by atoms with Gasteiger partial charge in [-0.2, -0.15) is 16.6 Å². The van der Waals surface area contributed by atoms with Crippen LogP contribution in [0.15, 0.2) is 65.4 Å². The van der Waals surface area contributed by atoms with Crippen molar-refractivity contribution in [2.45, 2.75) is 19.1 Å². The molecule has 0 aliphatic rings. The van der Waals surface area contributed by atoms with E-state index in [0.29, 0.717) is 29.2 Å². The highest BCUT2D eigenvalue weighted by molar-refractivity contribution is 7.07. The fraction of sp³-hybridized carbons (Fsp3) is 0.182. The lowest BCUT2D eigenvalue weighted by Crippen LogP contribution is -2.42. The number of nitrogens with zero attached hydrogens (tertiary/aromatic N) is 1. The fourth-order valence-electron chi connectivity index (χ4n) is 2.76. The second-order valence-electron chi connectivity index (χ2n) is 6.10. The number of esters is 1. The molecule has 142 valence electrons. The number of rotatable bonds is 7. The summed E-state index contributed by atoms with van der Waals surface area (Å²) in [4.78, 5) is 12.7. The monoisotopic (exact) mass is 393 g/mol. The SMILES string of the molecule is COC(=O)C(C#N)(Oc1ccccc1)c1cc(OCc2ccsc2)ccc1C. The first-order valence-electron chi connectivity index (χ1n) is 8.58. The predicted molar refractivity (Wildman–Crippen MR) is 106 cm³/mol. The molecule has 0 fully saturated rings. The van der Waals surface area contributed by atoms with Gasteiger partial charge in [-0.3, -0.25) is 0 Å². The molecule has 3 rings (SSSR count). The van der Waals surface area contributed by atoms with Crippen LogP contribution in [0.1, 0.15) is 16.7 Å². The van der Waals surface area contributed by atoms with Crippen LogP contribution in [0.2, 0.25) is 0 Å². The zero-order chi connectivity index (χ0) is 20.0. The molecule has 2 aromatic carbocycles. The number of benzene rings is 2. The van der Waals surface area contributed by atoms with Crippen LogP contribution in [-0.2, 0) is 21.7 Å². The number of para-hydroxylation sites is 1. The van der Waals surface area contributed by atoms with Crippen LogP contribution in [0.5, 0.6) is 11.5 Å². The lowest BCUT2D eigenvalue weighted by molar-refractivity contribution is -0.155. The summed E-state index contributed by atoms with van der Waals surface area (Å²) in [5.41, 5.74) is 0.202. The van der Waals surface area contributed by atoms with E-state index in [0.717, 1.165) is 5.56 Å². The van der Waals surface area contributed by atoms with Crippen molar-refractivity contribution in [3.8, 4) is 17.6 Å². The Morgan fingerprint density at radius 1 is 1.14 bits per heavy atom. The summed E-state index contributed by atoms with van der Waals surface area (Å²) < 4.78 is 16.6. The maximum absolute atomic E-state index is 12.7. The van der Waals surface area contributed by atoms with Gasteiger partial charge in [-0.1, -0.05) is 24.3 Å². The van der Waals surface area contributed by atoms with E-state index in [-0.39, 0.29) is 0 Å². The molecule has 0 radical (unpaired) electrons. The van der Waals surface area contributed by atoms with E-state index >= 15 is 0 Å². The minimum absolute atomic E-state index is 0.383. The minimum atomic E-state index is -1.94. The third-order valence-corrected chi connectivity index (χ3v) is 4.95. The highest BCUT2D eigenvalue weighted by Gasteiger charge is 2.46. The van der Waals surface area contributed by atoms with Gasteiger partial charge in [0.15, 0.2) is 0 Å². The van der Waals surface area contributed by atoms with Crippen molar-refractivity contribution in [3.63, 3.8) is 0 Å². The Balaban J connectivity index is 2.00. The fourth-order valence-corrected chi connectivity index (χ4v) is 3.41. The molecule has 0 aliphatic heterocycles. The third kappa shape index (κ3) is 4.00. The minimum Gasteiger partial charge on any atom is -0.489 e. The van der Waals surface area contributed by atoms with Gasteiger partial charge in [-0.05, 0) is 59.1 Å². The number of carbonyl (C=O) groups is 1. The summed E-state index contributed by atoms with van der Waals surface area (Å²) >= 11 is 1.59. The number of carbonyl (C=O) groups excluding carboxylic acids is 1. The number of nitriles is 1. The summed E-state index contributed by atoms with van der Waals surface area (Å²) in [7, 11) is 1.23. The Kier molecular flexibility index (Phi) is 5.97. The number of hydrogen-bond acceptors (Lipinski definition) is 6. The van der Waals surface area contributed by atoms with E-state index in [1.165, 1.54) is 7.11 Å². The lowest BCUT2D eigenvalue weighted by atomic mass is 9.90. The molecule has 1 unspecified atom stereocenters. The van der Waals surface area contributed by atoms with Crippen LogP contribution in [-0.4, -0.2) is 13.1 Å². The highest BCUT2D eigenvalue weighted by Crippen LogP contribution is 2.34. The van der Waals surface area contributed by atoms with Gasteiger partial charge in [0.1, 0.15) is 24.2 Å². The Bertz CT molecular complexity index is 980. The number of hydrogen-bond donors (Lipinski definition) is 0. The molecule has 6 heteroatoms. The molecule has 0 spiro atoms. The average molecular weight is 393 g/mol. The van der Waals surface area contributed by atoms with Crippen LogP contribution in [0.4, 0.5) is 0 Å². The lowest BCUT2D eigenvalue weighted by Gasteiger charge is -2.27. The molecular formula is C22H19NO4S. The van der Waals surface area contributed by atoms with Gasteiger partial charge in [0.25, 0.3) is 0 Å². The molecule has 0 aliphatic carbocycles. The molecule has 28 heavy (non-hydrogen) atoms. The van der Waals surface area contributed by atoms with E-state index < -0.39 is 11.6 Å². The maximum atomic E-state index is 12.7. The molecule has 0 N–H and O–H groups in total. The summed E-state index contributed by atoms with van der Waals surface area (Å²) in [6.45, 7) is 2.20. The molecule has 1 aromatic heterocycles. The second-order valence-corrected chi connectivity index (χ2v) is 6.88. The molecular weight excluding hydrogens is 374 g/mol. The van der Waals surface area contributed by atoms with Crippen molar-refractivity contribution in [3.05, 3.63) is 82.0 Å². The first-order chi connectivity index (χ1) is 13.6. The molecule has 3 aromatic rings. The van der Waals surface area contributed by atoms with Crippen LogP contribution in [0.3, 0.4) is 0 Å². The molecule has 0 amide bonds. The highest BCUT2D eigenvalue weighted by atomic mass is 32.1. The summed E-state index contributed by atoms with van der Waals surface area (Å²) in [5, 5.41) is 14.0. The summed E-state index contributed by atoms with van der Waals surface area (Å²) in [5.74, 6) is 0.127. The van der Waals surface area contributed by atoms with Crippen LogP contribution in [0.25, 0.3) is 0 Å². The Labute approximate surface area is 167 Å². The summed E-state index contributed by atoms with van der Waals surface area (Å²) in [6, 6.07) is 18.0. The van der Waals surface area contributed by atoms with Crippen molar-refractivity contribution < 1.29 is 19.0 Å². The molecule has 0 bridgehead atoms. The van der Waals surface area contributed by atoms with Gasteiger partial charge in [0, 0.05) is 5.56 Å². The second kappa shape index (κ2) is 8.59. The van der Waals surface area contributed by atoms with E-state index in [1.54, 1.807) is 60.7 Å². The van der Waals surface area contributed by atoms with Crippen molar-refractivity contribution in [1.82, 2.24) is 0 Å². The van der Waals surface area contributed by atoms with E-state index in [2.05, 4.69) is 0 Å². The van der Waals surface area contributed by atoms with Crippen molar-refractivity contribution in [2.24, 2.45) is 0 Å². The predicted octanol–water partition coefficient (Wildman–Crippen LogP) is 4.61. The van der Waals surface area contributed by atoms with E-state index in [1.807, 2.05) is 29.0 Å². The maximum Gasteiger partial charge on any atom is 0.370 e. The van der Waals surface area contributed by atoms with Crippen molar-refractivity contribution in [2.75, 3.05) is 7.11 Å². The van der Waals surface area contributed by atoms with Crippen LogP contribution >= 0.6 is 11.3 Å². The third-order valence-electron chi connectivity index (χ3n) is 4.22. The standard InChI is InChI=1S/C22H19NO4S/c1-16-8-9-19(26-13-17-10-11-28-14-17)12-20(16)22(15-23,21(24)25-2)27-18-6-4-3-5-7-18/h3-12,14H,13H2,1-2H3. The van der Waals surface area contributed by atoms with Crippen LogP contribution in [0, 0.1) is 18.3 Å². The zero-order valence-corrected chi connectivity index (χ0v) is 16.4. The van der Waals surface area contributed by atoms with E-state index in [4.69, 9.17) is 14.2 Å². The Morgan fingerprint density at radius 3 is 2.57 bits per heavy atom. The molecule has 1 heterocycles. The van der Waals surface area contributed by atoms with E-state index in [9.17, 15) is 10.1 Å². The van der Waals surface area contributed by atoms with Gasteiger partial charge < -0.3 is 14.2 Å². The normalized spacial score (nSPS) is 12.5. The Hall–Kier alpha value is -3.30. The number of ether oxygens (including phenoxy) is 3. The first kappa shape index (κ1) is 19.5. The van der Waals surface area contributed by atoms with Gasteiger partial charge >= 0.3 is 11.6 Å². The van der Waals surface area contributed by atoms with Gasteiger partial charge in [-0.15, -0.1) is 0 Å². The quantitative estimate of drug-likeness (QED) is 0.549. The largest absolute Gasteiger partial charge is 0.489 e. The first-order valence-corrected chi connectivity index (χ1v) is 9.52. The van der Waals surface area contributed by atoms with Gasteiger partial charge in [0.05, 0.1) is 7.11 Å². The van der Waals surface area contributed by atoms with Crippen molar-refractivity contribution >= 4 is 17.3 Å². The average Bonchev–Trinajstić information content (AvgIpc) is 3.25. The zero-order valence-electron chi connectivity index (χ0n) is 15.5. The van der Waals surface area contributed by atoms with Gasteiger partial charge in [0.2, 0.25) is 0 Å². The number of aryl methyl sites for hydroxylation is 1. The smallest absolute Gasteiger partial charge is 0.370 e.